The van der Waals surface area contributed by atoms with Gasteiger partial charge in [0, 0.05) is 19.6 Å². The zero-order valence-corrected chi connectivity index (χ0v) is 10.6. The van der Waals surface area contributed by atoms with E-state index < -0.39 is 11.9 Å². The van der Waals surface area contributed by atoms with Gasteiger partial charge in [-0.05, 0) is 6.54 Å². The number of alkyl halides is 1. The van der Waals surface area contributed by atoms with Gasteiger partial charge in [-0.1, -0.05) is 6.92 Å². The topological polar surface area (TPSA) is 70.7 Å². The fourth-order valence-electron chi connectivity index (χ4n) is 1.60. The zero-order valence-electron chi connectivity index (χ0n) is 9.87. The maximum atomic E-state index is 11.2. The fraction of sp³-hybridized carbons (Fsp3) is 0.800. The number of nitrogens with zero attached hydrogens (tertiary/aromatic N) is 1. The second kappa shape index (κ2) is 7.47. The minimum absolute atomic E-state index is 0.0273. The Kier molecular flexibility index (Phi) is 6.25. The van der Waals surface area contributed by atoms with Crippen LogP contribution >= 0.6 is 11.6 Å². The van der Waals surface area contributed by atoms with E-state index in [1.54, 1.807) is 0 Å². The van der Waals surface area contributed by atoms with E-state index >= 15 is 0 Å². The molecule has 0 bridgehead atoms. The number of imide groups is 1. The first-order valence-electron chi connectivity index (χ1n) is 5.63. The van der Waals surface area contributed by atoms with Gasteiger partial charge in [0.05, 0.1) is 12.7 Å². The molecule has 0 radical (unpaired) electrons. The molecule has 1 rings (SSSR count). The molecular formula is C10H18ClN3O3. The number of ether oxygens (including phenoxy) is 1. The first-order valence-corrected chi connectivity index (χ1v) is 6.16. The van der Waals surface area contributed by atoms with Crippen LogP contribution in [0.1, 0.15) is 6.92 Å². The second-order valence-corrected chi connectivity index (χ2v) is 4.05. The van der Waals surface area contributed by atoms with Crippen LogP contribution in [-0.4, -0.2) is 61.6 Å². The van der Waals surface area contributed by atoms with Crippen molar-refractivity contribution in [3.05, 3.63) is 0 Å². The average Bonchev–Trinajstić information content (AvgIpc) is 2.36. The molecule has 1 atom stereocenters. The van der Waals surface area contributed by atoms with Gasteiger partial charge in [-0.3, -0.25) is 15.0 Å². The maximum Gasteiger partial charge on any atom is 0.321 e. The van der Waals surface area contributed by atoms with E-state index in [9.17, 15) is 9.59 Å². The summed E-state index contributed by atoms with van der Waals surface area (Å²) in [5.74, 6) is -0.736. The lowest BCUT2D eigenvalue weighted by Gasteiger charge is -2.32. The highest BCUT2D eigenvalue weighted by Crippen LogP contribution is 2.03. The molecular weight excluding hydrogens is 246 g/mol. The molecule has 0 saturated carbocycles. The molecule has 7 heteroatoms. The van der Waals surface area contributed by atoms with E-state index in [0.29, 0.717) is 13.2 Å². The van der Waals surface area contributed by atoms with Gasteiger partial charge >= 0.3 is 6.03 Å². The van der Waals surface area contributed by atoms with Crippen molar-refractivity contribution in [2.45, 2.75) is 13.0 Å². The number of morpholine rings is 1. The molecule has 0 aromatic rings. The Labute approximate surface area is 106 Å². The summed E-state index contributed by atoms with van der Waals surface area (Å²) < 4.78 is 5.50. The van der Waals surface area contributed by atoms with Crippen LogP contribution in [0.15, 0.2) is 0 Å². The highest BCUT2D eigenvalue weighted by molar-refractivity contribution is 6.28. The zero-order chi connectivity index (χ0) is 12.7. The van der Waals surface area contributed by atoms with Crippen LogP contribution in [0, 0.1) is 0 Å². The van der Waals surface area contributed by atoms with Crippen molar-refractivity contribution in [1.82, 2.24) is 15.5 Å². The molecule has 1 saturated heterocycles. The van der Waals surface area contributed by atoms with Crippen molar-refractivity contribution in [3.63, 3.8) is 0 Å². The van der Waals surface area contributed by atoms with Crippen molar-refractivity contribution in [3.8, 4) is 0 Å². The van der Waals surface area contributed by atoms with Gasteiger partial charge in [0.2, 0.25) is 5.91 Å². The molecule has 0 aliphatic carbocycles. The van der Waals surface area contributed by atoms with Gasteiger partial charge in [0.15, 0.2) is 0 Å². The van der Waals surface area contributed by atoms with Crippen molar-refractivity contribution >= 4 is 23.5 Å². The lowest BCUT2D eigenvalue weighted by molar-refractivity contribution is -0.117. The van der Waals surface area contributed by atoms with Gasteiger partial charge in [0.25, 0.3) is 0 Å². The van der Waals surface area contributed by atoms with Crippen molar-refractivity contribution in [1.29, 1.82) is 0 Å². The van der Waals surface area contributed by atoms with Gasteiger partial charge in [0.1, 0.15) is 5.88 Å². The molecule has 1 unspecified atom stereocenters. The molecule has 0 aromatic heterocycles. The Hall–Kier alpha value is -0.850. The van der Waals surface area contributed by atoms with Crippen molar-refractivity contribution in [2.24, 2.45) is 0 Å². The summed E-state index contributed by atoms with van der Waals surface area (Å²) in [6.07, 6.45) is -0.0273. The normalized spacial score (nSPS) is 20.9. The van der Waals surface area contributed by atoms with Crippen LogP contribution in [0.5, 0.6) is 0 Å². The molecule has 17 heavy (non-hydrogen) atoms. The number of hydrogen-bond donors (Lipinski definition) is 2. The van der Waals surface area contributed by atoms with Crippen LogP contribution in [-0.2, 0) is 9.53 Å². The number of nitrogens with one attached hydrogen (secondary N) is 2. The second-order valence-electron chi connectivity index (χ2n) is 3.78. The lowest BCUT2D eigenvalue weighted by atomic mass is 10.2. The first-order chi connectivity index (χ1) is 8.15. The van der Waals surface area contributed by atoms with Crippen LogP contribution in [0.4, 0.5) is 4.79 Å². The van der Waals surface area contributed by atoms with E-state index in [0.717, 1.165) is 19.6 Å². The van der Waals surface area contributed by atoms with Gasteiger partial charge in [-0.15, -0.1) is 11.6 Å². The fourth-order valence-corrected chi connectivity index (χ4v) is 1.67. The maximum absolute atomic E-state index is 11.2. The summed E-state index contributed by atoms with van der Waals surface area (Å²) in [5, 5.41) is 4.69. The van der Waals surface area contributed by atoms with Crippen LogP contribution < -0.4 is 10.6 Å². The minimum Gasteiger partial charge on any atom is -0.374 e. The molecule has 2 N–H and O–H groups in total. The number of hydrogen-bond acceptors (Lipinski definition) is 4. The van der Waals surface area contributed by atoms with E-state index in [-0.39, 0.29) is 12.0 Å². The van der Waals surface area contributed by atoms with Gasteiger partial charge in [-0.25, -0.2) is 4.79 Å². The Balaban J connectivity index is 2.21. The molecule has 1 aliphatic heterocycles. The Morgan fingerprint density at radius 1 is 1.53 bits per heavy atom. The first kappa shape index (κ1) is 14.2. The summed E-state index contributed by atoms with van der Waals surface area (Å²) in [6, 6.07) is -0.534. The standard InChI is InChI=1S/C10H18ClN3O3/c1-2-14-3-4-17-8(7-14)6-12-10(16)13-9(15)5-11/h8H,2-7H2,1H3,(H2,12,13,15,16). The van der Waals surface area contributed by atoms with Crippen LogP contribution in [0.2, 0.25) is 0 Å². The van der Waals surface area contributed by atoms with Crippen molar-refractivity contribution in [2.75, 3.05) is 38.7 Å². The molecule has 1 fully saturated rings. The third-order valence-corrected chi connectivity index (χ3v) is 2.78. The van der Waals surface area contributed by atoms with Crippen LogP contribution in [0.3, 0.4) is 0 Å². The van der Waals surface area contributed by atoms with E-state index in [1.807, 2.05) is 0 Å². The third-order valence-electron chi connectivity index (χ3n) is 2.53. The number of amides is 3. The lowest BCUT2D eigenvalue weighted by Crippen LogP contribution is -2.49. The number of likely N-dealkylation sites (N-methyl/N-ethyl adjacent to an activating group) is 1. The van der Waals surface area contributed by atoms with E-state index in [1.165, 1.54) is 0 Å². The Morgan fingerprint density at radius 2 is 2.29 bits per heavy atom. The molecule has 98 valence electrons. The van der Waals surface area contributed by atoms with Crippen molar-refractivity contribution < 1.29 is 14.3 Å². The Morgan fingerprint density at radius 3 is 2.94 bits per heavy atom. The summed E-state index contributed by atoms with van der Waals surface area (Å²) >= 11 is 5.26. The highest BCUT2D eigenvalue weighted by atomic mass is 35.5. The SMILES string of the molecule is CCN1CCOC(CNC(=O)NC(=O)CCl)C1. The molecule has 0 spiro atoms. The number of carbonyl (C=O) groups excluding carboxylic acids is 2. The average molecular weight is 264 g/mol. The summed E-state index contributed by atoms with van der Waals surface area (Å²) in [7, 11) is 0. The number of urea groups is 1. The molecule has 1 aliphatic rings. The van der Waals surface area contributed by atoms with Gasteiger partial charge in [-0.2, -0.15) is 0 Å². The van der Waals surface area contributed by atoms with Crippen LogP contribution in [0.25, 0.3) is 0 Å². The summed E-state index contributed by atoms with van der Waals surface area (Å²) in [5.41, 5.74) is 0. The summed E-state index contributed by atoms with van der Waals surface area (Å²) in [6.45, 7) is 5.82. The number of halogens is 1. The predicted molar refractivity (Wildman–Crippen MR) is 64.1 cm³/mol. The smallest absolute Gasteiger partial charge is 0.321 e. The number of rotatable bonds is 4. The van der Waals surface area contributed by atoms with Gasteiger partial charge < -0.3 is 10.1 Å². The largest absolute Gasteiger partial charge is 0.374 e. The molecule has 0 aromatic carbocycles. The number of carbonyl (C=O) groups is 2. The summed E-state index contributed by atoms with van der Waals surface area (Å²) in [4.78, 5) is 24.3. The molecule has 1 heterocycles. The monoisotopic (exact) mass is 263 g/mol. The predicted octanol–water partition coefficient (Wildman–Crippen LogP) is -0.228. The molecule has 6 nitrogen and oxygen atoms in total. The minimum atomic E-state index is -0.534. The molecule has 3 amide bonds. The highest BCUT2D eigenvalue weighted by Gasteiger charge is 2.19. The Bertz CT molecular complexity index is 276. The van der Waals surface area contributed by atoms with E-state index in [2.05, 4.69) is 22.5 Å². The quantitative estimate of drug-likeness (QED) is 0.688. The van der Waals surface area contributed by atoms with E-state index in [4.69, 9.17) is 16.3 Å². The third kappa shape index (κ3) is 5.34.